The van der Waals surface area contributed by atoms with Gasteiger partial charge in [-0.3, -0.25) is 4.79 Å². The minimum absolute atomic E-state index is 0.465. The molecule has 2 aromatic rings. The first-order valence-corrected chi connectivity index (χ1v) is 6.15. The summed E-state index contributed by atoms with van der Waals surface area (Å²) < 4.78 is 10.6. The van der Waals surface area contributed by atoms with Gasteiger partial charge in [-0.2, -0.15) is 0 Å². The molecule has 0 N–H and O–H groups in total. The van der Waals surface area contributed by atoms with Gasteiger partial charge in [-0.1, -0.05) is 23.2 Å². The van der Waals surface area contributed by atoms with Crippen molar-refractivity contribution in [3.63, 3.8) is 0 Å². The summed E-state index contributed by atoms with van der Waals surface area (Å²) in [5, 5.41) is 1.16. The molecule has 1 radical (unpaired) electrons. The summed E-state index contributed by atoms with van der Waals surface area (Å²) in [5.74, 6) is 0.929. The van der Waals surface area contributed by atoms with Crippen molar-refractivity contribution in [2.24, 2.45) is 0 Å². The van der Waals surface area contributed by atoms with Crippen LogP contribution in [0.1, 0.15) is 0 Å². The lowest BCUT2D eigenvalue weighted by Gasteiger charge is -2.14. The summed E-state index contributed by atoms with van der Waals surface area (Å²) in [6, 6.07) is 13.2. The predicted molar refractivity (Wildman–Crippen MR) is 73.6 cm³/mol. The second kappa shape index (κ2) is 6.45. The van der Waals surface area contributed by atoms with Crippen molar-refractivity contribution in [3.05, 3.63) is 58.6 Å². The van der Waals surface area contributed by atoms with Crippen molar-refractivity contribution < 1.29 is 14.3 Å². The van der Waals surface area contributed by atoms with E-state index in [0.717, 1.165) is 0 Å². The fourth-order valence-electron chi connectivity index (χ4n) is 1.35. The maximum absolute atomic E-state index is 10.8. The summed E-state index contributed by atoms with van der Waals surface area (Å²) in [4.78, 5) is 10.8. The highest BCUT2D eigenvalue weighted by Crippen LogP contribution is 2.19. The summed E-state index contributed by atoms with van der Waals surface area (Å²) in [6.45, 7) is 0. The minimum Gasteiger partial charge on any atom is -0.447 e. The molecule has 0 saturated carbocycles. The minimum atomic E-state index is -1.15. The molecule has 19 heavy (non-hydrogen) atoms. The molecule has 2 aromatic carbocycles. The Morgan fingerprint density at radius 2 is 1.16 bits per heavy atom. The van der Waals surface area contributed by atoms with E-state index in [1.807, 2.05) is 0 Å². The Kier molecular flexibility index (Phi) is 4.66. The fourth-order valence-corrected chi connectivity index (χ4v) is 1.60. The smallest absolute Gasteiger partial charge is 0.308 e. The van der Waals surface area contributed by atoms with Gasteiger partial charge in [0.2, 0.25) is 0 Å². The van der Waals surface area contributed by atoms with Crippen LogP contribution in [0, 0.1) is 0 Å². The van der Waals surface area contributed by atoms with Gasteiger partial charge in [-0.25, -0.2) is 0 Å². The van der Waals surface area contributed by atoms with Crippen molar-refractivity contribution in [1.82, 2.24) is 0 Å². The van der Waals surface area contributed by atoms with Gasteiger partial charge in [0.1, 0.15) is 11.5 Å². The van der Waals surface area contributed by atoms with Crippen LogP contribution in [0.15, 0.2) is 48.5 Å². The number of rotatable bonds is 5. The molecule has 0 aromatic heterocycles. The van der Waals surface area contributed by atoms with Crippen LogP contribution in [-0.2, 0) is 4.79 Å². The third kappa shape index (κ3) is 4.16. The van der Waals surface area contributed by atoms with E-state index in [4.69, 9.17) is 32.7 Å². The van der Waals surface area contributed by atoms with Crippen molar-refractivity contribution in [2.75, 3.05) is 0 Å². The molecule has 0 unspecified atom stereocenters. The first kappa shape index (κ1) is 13.7. The largest absolute Gasteiger partial charge is 0.447 e. The van der Waals surface area contributed by atoms with Crippen LogP contribution in [0.5, 0.6) is 11.5 Å². The topological polar surface area (TPSA) is 35.5 Å². The highest BCUT2D eigenvalue weighted by atomic mass is 35.5. The van der Waals surface area contributed by atoms with Gasteiger partial charge in [0.15, 0.2) is 0 Å². The van der Waals surface area contributed by atoms with Crippen LogP contribution in [0.2, 0.25) is 10.0 Å². The van der Waals surface area contributed by atoms with Crippen LogP contribution >= 0.6 is 23.2 Å². The van der Waals surface area contributed by atoms with E-state index in [-0.39, 0.29) is 0 Å². The molecule has 97 valence electrons. The molecule has 0 aliphatic heterocycles. The van der Waals surface area contributed by atoms with E-state index in [9.17, 15) is 4.79 Å². The Labute approximate surface area is 120 Å². The zero-order valence-corrected chi connectivity index (χ0v) is 11.2. The molecule has 5 heteroatoms. The Balaban J connectivity index is 2.02. The van der Waals surface area contributed by atoms with Crippen molar-refractivity contribution in [2.45, 2.75) is 6.29 Å². The fraction of sp³-hybridized carbons (Fsp3) is 0.0714. The first-order chi connectivity index (χ1) is 9.17. The molecule has 0 aliphatic carbocycles. The molecule has 2 rings (SSSR count). The average molecular weight is 296 g/mol. The molecular formula is C14H9Cl2O3. The monoisotopic (exact) mass is 295 g/mol. The number of hydrogen-bond donors (Lipinski definition) is 0. The number of halogens is 2. The second-order valence-corrected chi connectivity index (χ2v) is 4.47. The Morgan fingerprint density at radius 3 is 1.47 bits per heavy atom. The molecular weight excluding hydrogens is 287 g/mol. The van der Waals surface area contributed by atoms with E-state index >= 15 is 0 Å². The van der Waals surface area contributed by atoms with Crippen LogP contribution in [0.3, 0.4) is 0 Å². The van der Waals surface area contributed by atoms with Gasteiger partial charge in [0.05, 0.1) is 0 Å². The number of ether oxygens (including phenoxy) is 2. The molecule has 0 spiro atoms. The summed E-state index contributed by atoms with van der Waals surface area (Å²) in [6.07, 6.45) is 0.517. The van der Waals surface area contributed by atoms with Crippen molar-refractivity contribution >= 4 is 29.5 Å². The van der Waals surface area contributed by atoms with E-state index < -0.39 is 6.29 Å². The Bertz CT molecular complexity index is 490. The number of benzene rings is 2. The van der Waals surface area contributed by atoms with Crippen LogP contribution in [0.4, 0.5) is 0 Å². The van der Waals surface area contributed by atoms with Gasteiger partial charge in [-0.15, -0.1) is 0 Å². The SMILES string of the molecule is O=[C]C(Oc1ccc(Cl)cc1)Oc1ccc(Cl)cc1. The van der Waals surface area contributed by atoms with Gasteiger partial charge >= 0.3 is 6.29 Å². The third-order valence-electron chi connectivity index (χ3n) is 2.21. The highest BCUT2D eigenvalue weighted by molar-refractivity contribution is 6.30. The molecule has 0 aliphatic rings. The van der Waals surface area contributed by atoms with Crippen LogP contribution in [-0.4, -0.2) is 12.6 Å². The molecule has 3 nitrogen and oxygen atoms in total. The van der Waals surface area contributed by atoms with E-state index in [1.54, 1.807) is 54.8 Å². The second-order valence-electron chi connectivity index (χ2n) is 3.59. The quantitative estimate of drug-likeness (QED) is 0.785. The lowest BCUT2D eigenvalue weighted by molar-refractivity contribution is 0.0617. The molecule has 0 bridgehead atoms. The summed E-state index contributed by atoms with van der Waals surface area (Å²) in [7, 11) is 0. The first-order valence-electron chi connectivity index (χ1n) is 5.39. The standard InChI is InChI=1S/C14H9Cl2O3/c15-10-1-5-12(6-2-10)18-14(9-17)19-13-7-3-11(16)4-8-13/h1-8,14H. The zero-order chi connectivity index (χ0) is 13.7. The third-order valence-corrected chi connectivity index (χ3v) is 2.71. The molecule has 0 heterocycles. The van der Waals surface area contributed by atoms with Crippen LogP contribution < -0.4 is 9.47 Å². The van der Waals surface area contributed by atoms with Gasteiger partial charge in [0.25, 0.3) is 6.29 Å². The Morgan fingerprint density at radius 1 is 0.789 bits per heavy atom. The number of carbonyl (C=O) groups excluding carboxylic acids is 1. The average Bonchev–Trinajstić information content (AvgIpc) is 2.43. The molecule has 0 saturated heterocycles. The van der Waals surface area contributed by atoms with Gasteiger partial charge < -0.3 is 9.47 Å². The zero-order valence-electron chi connectivity index (χ0n) is 9.68. The van der Waals surface area contributed by atoms with Gasteiger partial charge in [0, 0.05) is 10.0 Å². The molecule has 0 amide bonds. The Hall–Kier alpha value is -1.71. The van der Waals surface area contributed by atoms with E-state index in [0.29, 0.717) is 21.5 Å². The lowest BCUT2D eigenvalue weighted by Crippen LogP contribution is -2.25. The van der Waals surface area contributed by atoms with Crippen molar-refractivity contribution in [3.8, 4) is 11.5 Å². The normalized spacial score (nSPS) is 10.3. The van der Waals surface area contributed by atoms with Crippen LogP contribution in [0.25, 0.3) is 0 Å². The van der Waals surface area contributed by atoms with E-state index in [1.165, 1.54) is 0 Å². The molecule has 0 atom stereocenters. The lowest BCUT2D eigenvalue weighted by atomic mass is 10.3. The maximum Gasteiger partial charge on any atom is 0.308 e. The maximum atomic E-state index is 10.8. The van der Waals surface area contributed by atoms with E-state index in [2.05, 4.69) is 0 Å². The molecule has 0 fully saturated rings. The van der Waals surface area contributed by atoms with Gasteiger partial charge in [-0.05, 0) is 48.5 Å². The highest BCUT2D eigenvalue weighted by Gasteiger charge is 2.12. The number of hydrogen-bond acceptors (Lipinski definition) is 3. The summed E-state index contributed by atoms with van der Waals surface area (Å²) in [5.41, 5.74) is 0. The van der Waals surface area contributed by atoms with Crippen molar-refractivity contribution in [1.29, 1.82) is 0 Å². The predicted octanol–water partition coefficient (Wildman–Crippen LogP) is 3.89. The summed E-state index contributed by atoms with van der Waals surface area (Å²) >= 11 is 11.5.